The van der Waals surface area contributed by atoms with E-state index >= 15 is 0 Å². The van der Waals surface area contributed by atoms with E-state index < -0.39 is 5.60 Å². The van der Waals surface area contributed by atoms with Crippen molar-refractivity contribution in [3.8, 4) is 5.75 Å². The van der Waals surface area contributed by atoms with Crippen LogP contribution in [0.5, 0.6) is 5.75 Å². The molecule has 19 heavy (non-hydrogen) atoms. The quantitative estimate of drug-likeness (QED) is 0.871. The van der Waals surface area contributed by atoms with E-state index in [0.717, 1.165) is 44.5 Å². The lowest BCUT2D eigenvalue weighted by molar-refractivity contribution is 0.0139. The monoisotopic (exact) mass is 283 g/mol. The third kappa shape index (κ3) is 4.68. The maximum atomic E-state index is 10.3. The van der Waals surface area contributed by atoms with Gasteiger partial charge >= 0.3 is 0 Å². The molecule has 0 aromatic heterocycles. The molecule has 0 spiro atoms. The Balaban J connectivity index is 1.69. The van der Waals surface area contributed by atoms with Gasteiger partial charge in [-0.3, -0.25) is 0 Å². The van der Waals surface area contributed by atoms with Crippen LogP contribution in [0.25, 0.3) is 0 Å². The van der Waals surface area contributed by atoms with Crippen LogP contribution in [0.4, 0.5) is 0 Å². The number of aliphatic hydroxyl groups is 1. The van der Waals surface area contributed by atoms with Crippen molar-refractivity contribution in [2.75, 3.05) is 26.7 Å². The molecule has 1 fully saturated rings. The molecule has 0 unspecified atom stereocenters. The Bertz CT molecular complexity index is 388. The summed E-state index contributed by atoms with van der Waals surface area (Å²) in [6, 6.07) is 7.38. The molecule has 106 valence electrons. The number of rotatable bonds is 6. The van der Waals surface area contributed by atoms with Crippen molar-refractivity contribution in [2.24, 2.45) is 0 Å². The number of nitrogens with zero attached hydrogens (tertiary/aromatic N) is 1. The summed E-state index contributed by atoms with van der Waals surface area (Å²) in [5, 5.41) is 11.0. The minimum Gasteiger partial charge on any atom is -0.492 e. The van der Waals surface area contributed by atoms with E-state index in [4.69, 9.17) is 16.3 Å². The van der Waals surface area contributed by atoms with Crippen LogP contribution in [0.3, 0.4) is 0 Å². The zero-order valence-corrected chi connectivity index (χ0v) is 12.2. The van der Waals surface area contributed by atoms with E-state index in [1.165, 1.54) is 0 Å². The van der Waals surface area contributed by atoms with E-state index in [-0.39, 0.29) is 0 Å². The molecule has 1 N–H and O–H groups in total. The van der Waals surface area contributed by atoms with E-state index in [1.807, 2.05) is 31.3 Å². The van der Waals surface area contributed by atoms with Crippen molar-refractivity contribution in [1.29, 1.82) is 0 Å². The predicted octanol–water partition coefficient (Wildman–Crippen LogP) is 2.96. The fourth-order valence-corrected chi connectivity index (χ4v) is 2.75. The lowest BCUT2D eigenvalue weighted by atomic mass is 10.0. The lowest BCUT2D eigenvalue weighted by Crippen LogP contribution is -2.40. The molecular formula is C15H22ClNO2. The highest BCUT2D eigenvalue weighted by Crippen LogP contribution is 2.29. The van der Waals surface area contributed by atoms with Crippen LogP contribution < -0.4 is 4.74 Å². The van der Waals surface area contributed by atoms with Gasteiger partial charge < -0.3 is 14.7 Å². The molecule has 4 heteroatoms. The van der Waals surface area contributed by atoms with Crippen LogP contribution in [-0.2, 0) is 0 Å². The number of benzene rings is 1. The summed E-state index contributed by atoms with van der Waals surface area (Å²) in [4.78, 5) is 2.14. The van der Waals surface area contributed by atoms with E-state index in [2.05, 4.69) is 4.90 Å². The molecule has 0 aliphatic heterocycles. The van der Waals surface area contributed by atoms with Crippen LogP contribution >= 0.6 is 11.6 Å². The van der Waals surface area contributed by atoms with Gasteiger partial charge in [0.15, 0.2) is 0 Å². The summed E-state index contributed by atoms with van der Waals surface area (Å²) in [6.07, 6.45) is 4.14. The average Bonchev–Trinajstić information content (AvgIpc) is 2.78. The molecule has 0 radical (unpaired) electrons. The summed E-state index contributed by atoms with van der Waals surface area (Å²) in [6.45, 7) is 2.16. The maximum Gasteiger partial charge on any atom is 0.119 e. The molecule has 1 aliphatic rings. The van der Waals surface area contributed by atoms with Gasteiger partial charge in [-0.2, -0.15) is 0 Å². The first-order chi connectivity index (χ1) is 9.07. The number of hydrogen-bond acceptors (Lipinski definition) is 3. The fourth-order valence-electron chi connectivity index (χ4n) is 2.62. The van der Waals surface area contributed by atoms with Crippen molar-refractivity contribution in [3.63, 3.8) is 0 Å². The highest BCUT2D eigenvalue weighted by Gasteiger charge is 2.31. The first-order valence-corrected chi connectivity index (χ1v) is 7.25. The van der Waals surface area contributed by atoms with E-state index in [9.17, 15) is 5.11 Å². The van der Waals surface area contributed by atoms with Gasteiger partial charge in [0.2, 0.25) is 0 Å². The summed E-state index contributed by atoms with van der Waals surface area (Å²) in [5.41, 5.74) is -0.477. The van der Waals surface area contributed by atoms with Crippen molar-refractivity contribution in [2.45, 2.75) is 31.3 Å². The molecule has 0 amide bonds. The molecule has 2 rings (SSSR count). The SMILES string of the molecule is CN(CCOc1ccc(Cl)cc1)CC1(O)CCCC1. The number of halogens is 1. The smallest absolute Gasteiger partial charge is 0.119 e. The Hall–Kier alpha value is -0.770. The molecule has 0 heterocycles. The fraction of sp³-hybridized carbons (Fsp3) is 0.600. The van der Waals surface area contributed by atoms with Crippen molar-refractivity contribution < 1.29 is 9.84 Å². The largest absolute Gasteiger partial charge is 0.492 e. The van der Waals surface area contributed by atoms with Gasteiger partial charge in [0, 0.05) is 18.1 Å². The Morgan fingerprint density at radius 2 is 1.89 bits per heavy atom. The summed E-state index contributed by atoms with van der Waals surface area (Å²) >= 11 is 5.82. The molecule has 0 saturated heterocycles. The highest BCUT2D eigenvalue weighted by molar-refractivity contribution is 6.30. The van der Waals surface area contributed by atoms with Crippen LogP contribution in [0.2, 0.25) is 5.02 Å². The molecular weight excluding hydrogens is 262 g/mol. The minimum absolute atomic E-state index is 0.477. The van der Waals surface area contributed by atoms with Crippen molar-refractivity contribution in [1.82, 2.24) is 4.90 Å². The predicted molar refractivity (Wildman–Crippen MR) is 77.9 cm³/mol. The molecule has 0 bridgehead atoms. The zero-order chi connectivity index (χ0) is 13.7. The third-order valence-corrected chi connectivity index (χ3v) is 3.91. The van der Waals surface area contributed by atoms with Crippen molar-refractivity contribution in [3.05, 3.63) is 29.3 Å². The first-order valence-electron chi connectivity index (χ1n) is 6.87. The second-order valence-electron chi connectivity index (χ2n) is 5.47. The van der Waals surface area contributed by atoms with Crippen LogP contribution in [0.1, 0.15) is 25.7 Å². The summed E-state index contributed by atoms with van der Waals surface area (Å²) < 4.78 is 5.65. The molecule has 1 aromatic carbocycles. The van der Waals surface area contributed by atoms with Gasteiger partial charge in [0.25, 0.3) is 0 Å². The summed E-state index contributed by atoms with van der Waals surface area (Å²) in [5.74, 6) is 0.831. The molecule has 1 aliphatic carbocycles. The van der Waals surface area contributed by atoms with E-state index in [0.29, 0.717) is 11.6 Å². The molecule has 0 atom stereocenters. The second-order valence-corrected chi connectivity index (χ2v) is 5.91. The standard InChI is InChI=1S/C15H22ClNO2/c1-17(12-15(18)8-2-3-9-15)10-11-19-14-6-4-13(16)5-7-14/h4-7,18H,2-3,8-12H2,1H3. The van der Waals surface area contributed by atoms with Gasteiger partial charge in [-0.1, -0.05) is 24.4 Å². The first kappa shape index (κ1) is 14.6. The van der Waals surface area contributed by atoms with Gasteiger partial charge in [-0.05, 0) is 44.2 Å². The Morgan fingerprint density at radius 3 is 2.53 bits per heavy atom. The Labute approximate surface area is 120 Å². The maximum absolute atomic E-state index is 10.3. The number of likely N-dealkylation sites (N-methyl/N-ethyl adjacent to an activating group) is 1. The van der Waals surface area contributed by atoms with Crippen molar-refractivity contribution >= 4 is 11.6 Å². The Kier molecular flexibility index (Phi) is 5.08. The van der Waals surface area contributed by atoms with Crippen LogP contribution in [-0.4, -0.2) is 42.4 Å². The van der Waals surface area contributed by atoms with Gasteiger partial charge in [-0.25, -0.2) is 0 Å². The summed E-state index contributed by atoms with van der Waals surface area (Å²) in [7, 11) is 2.03. The second kappa shape index (κ2) is 6.60. The minimum atomic E-state index is -0.477. The molecule has 1 aromatic rings. The number of ether oxygens (including phenoxy) is 1. The Morgan fingerprint density at radius 1 is 1.26 bits per heavy atom. The van der Waals surface area contributed by atoms with E-state index in [1.54, 1.807) is 0 Å². The van der Waals surface area contributed by atoms with Gasteiger partial charge in [0.1, 0.15) is 12.4 Å². The topological polar surface area (TPSA) is 32.7 Å². The lowest BCUT2D eigenvalue weighted by Gasteiger charge is -2.28. The van der Waals surface area contributed by atoms with Crippen LogP contribution in [0.15, 0.2) is 24.3 Å². The van der Waals surface area contributed by atoms with Crippen LogP contribution in [0, 0.1) is 0 Å². The third-order valence-electron chi connectivity index (χ3n) is 3.65. The molecule has 3 nitrogen and oxygen atoms in total. The van der Waals surface area contributed by atoms with Gasteiger partial charge in [-0.15, -0.1) is 0 Å². The normalized spacial score (nSPS) is 17.9. The highest BCUT2D eigenvalue weighted by atomic mass is 35.5. The van der Waals surface area contributed by atoms with Gasteiger partial charge in [0.05, 0.1) is 5.60 Å². The molecule has 1 saturated carbocycles. The number of hydrogen-bond donors (Lipinski definition) is 1. The zero-order valence-electron chi connectivity index (χ0n) is 11.4. The average molecular weight is 284 g/mol.